The van der Waals surface area contributed by atoms with Gasteiger partial charge in [0.15, 0.2) is 0 Å². The number of rotatable bonds is 3. The van der Waals surface area contributed by atoms with Gasteiger partial charge in [-0.2, -0.15) is 0 Å². The molecule has 1 fully saturated rings. The molecule has 1 aliphatic heterocycles. The van der Waals surface area contributed by atoms with Gasteiger partial charge in [-0.3, -0.25) is 4.79 Å². The van der Waals surface area contributed by atoms with E-state index in [1.54, 1.807) is 11.5 Å². The minimum Gasteiger partial charge on any atom is -0.355 e. The van der Waals surface area contributed by atoms with Crippen LogP contribution in [0.25, 0.3) is 11.0 Å². The zero-order chi connectivity index (χ0) is 13.9. The van der Waals surface area contributed by atoms with Crippen molar-refractivity contribution in [2.45, 2.75) is 19.8 Å². The van der Waals surface area contributed by atoms with Crippen LogP contribution in [-0.4, -0.2) is 35.1 Å². The third kappa shape index (κ3) is 2.54. The second-order valence-corrected chi connectivity index (χ2v) is 5.37. The molecule has 20 heavy (non-hydrogen) atoms. The molecule has 0 radical (unpaired) electrons. The van der Waals surface area contributed by atoms with Crippen LogP contribution in [0, 0.1) is 5.92 Å². The summed E-state index contributed by atoms with van der Waals surface area (Å²) in [6.45, 7) is 4.57. The molecule has 2 aromatic rings. The van der Waals surface area contributed by atoms with Gasteiger partial charge in [-0.1, -0.05) is 12.1 Å². The second kappa shape index (κ2) is 5.63. The average Bonchev–Trinajstić information content (AvgIpc) is 2.84. The van der Waals surface area contributed by atoms with Crippen molar-refractivity contribution in [2.75, 3.05) is 25.0 Å². The van der Waals surface area contributed by atoms with Gasteiger partial charge in [0.05, 0.1) is 11.0 Å². The van der Waals surface area contributed by atoms with Crippen molar-refractivity contribution in [3.63, 3.8) is 0 Å². The molecule has 5 nitrogen and oxygen atoms in total. The number of anilines is 1. The van der Waals surface area contributed by atoms with Crippen LogP contribution in [0.4, 0.5) is 5.95 Å². The van der Waals surface area contributed by atoms with Gasteiger partial charge in [0, 0.05) is 13.5 Å². The number of hydrogen-bond donors (Lipinski definition) is 2. The lowest BCUT2D eigenvalue weighted by molar-refractivity contribution is 0.0943. The highest BCUT2D eigenvalue weighted by Gasteiger charge is 2.16. The van der Waals surface area contributed by atoms with Crippen molar-refractivity contribution in [3.8, 4) is 0 Å². The Hall–Kier alpha value is -1.88. The summed E-state index contributed by atoms with van der Waals surface area (Å²) in [5.41, 5.74) is 1.72. The molecule has 0 amide bonds. The van der Waals surface area contributed by atoms with Crippen molar-refractivity contribution in [2.24, 2.45) is 5.92 Å². The van der Waals surface area contributed by atoms with Crippen LogP contribution in [-0.2, 0) is 0 Å². The Morgan fingerprint density at radius 3 is 3.10 bits per heavy atom. The molecule has 2 heterocycles. The predicted octanol–water partition coefficient (Wildman–Crippen LogP) is 2.11. The van der Waals surface area contributed by atoms with Gasteiger partial charge >= 0.3 is 0 Å². The fraction of sp³-hybridized carbons (Fsp3) is 0.467. The molecule has 1 aliphatic rings. The molecule has 106 valence electrons. The number of nitrogens with zero attached hydrogens (tertiary/aromatic N) is 2. The molecule has 1 saturated heterocycles. The molecule has 1 aromatic carbocycles. The first-order valence-corrected chi connectivity index (χ1v) is 7.18. The number of para-hydroxylation sites is 2. The number of carbonyl (C=O) groups is 1. The Balaban J connectivity index is 1.82. The Morgan fingerprint density at radius 2 is 2.35 bits per heavy atom. The summed E-state index contributed by atoms with van der Waals surface area (Å²) in [7, 11) is 0. The third-order valence-electron chi connectivity index (χ3n) is 3.82. The van der Waals surface area contributed by atoms with Crippen LogP contribution in [0.5, 0.6) is 0 Å². The van der Waals surface area contributed by atoms with Crippen LogP contribution in [0.15, 0.2) is 24.3 Å². The second-order valence-electron chi connectivity index (χ2n) is 5.37. The SMILES string of the molecule is CC(=O)n1c(NCC2CCCNC2)nc2ccccc21. The van der Waals surface area contributed by atoms with Gasteiger partial charge in [0.25, 0.3) is 0 Å². The highest BCUT2D eigenvalue weighted by atomic mass is 16.1. The fourth-order valence-corrected chi connectivity index (χ4v) is 2.80. The summed E-state index contributed by atoms with van der Waals surface area (Å²) in [5.74, 6) is 1.25. The molecule has 3 rings (SSSR count). The lowest BCUT2D eigenvalue weighted by Gasteiger charge is -2.23. The van der Waals surface area contributed by atoms with Gasteiger partial charge in [0.2, 0.25) is 11.9 Å². The molecule has 0 spiro atoms. The maximum Gasteiger partial charge on any atom is 0.230 e. The van der Waals surface area contributed by atoms with E-state index >= 15 is 0 Å². The Labute approximate surface area is 118 Å². The zero-order valence-electron chi connectivity index (χ0n) is 11.7. The molecule has 0 bridgehead atoms. The lowest BCUT2D eigenvalue weighted by atomic mass is 10.00. The first-order valence-electron chi connectivity index (χ1n) is 7.18. The molecule has 0 saturated carbocycles. The number of carbonyl (C=O) groups excluding carboxylic acids is 1. The summed E-state index contributed by atoms with van der Waals surface area (Å²) < 4.78 is 1.66. The molecule has 0 aliphatic carbocycles. The monoisotopic (exact) mass is 272 g/mol. The summed E-state index contributed by atoms with van der Waals surface area (Å²) in [6.07, 6.45) is 2.44. The summed E-state index contributed by atoms with van der Waals surface area (Å²) >= 11 is 0. The average molecular weight is 272 g/mol. The highest BCUT2D eigenvalue weighted by molar-refractivity contribution is 5.92. The van der Waals surface area contributed by atoms with Gasteiger partial charge in [-0.15, -0.1) is 0 Å². The van der Waals surface area contributed by atoms with E-state index < -0.39 is 0 Å². The van der Waals surface area contributed by atoms with Crippen molar-refractivity contribution < 1.29 is 4.79 Å². The molecule has 2 N–H and O–H groups in total. The number of hydrogen-bond acceptors (Lipinski definition) is 4. The van der Waals surface area contributed by atoms with Crippen LogP contribution < -0.4 is 10.6 Å². The quantitative estimate of drug-likeness (QED) is 0.898. The fourth-order valence-electron chi connectivity index (χ4n) is 2.80. The molecular weight excluding hydrogens is 252 g/mol. The molecule has 1 unspecified atom stereocenters. The number of nitrogens with one attached hydrogen (secondary N) is 2. The standard InChI is InChI=1S/C15H20N4O/c1-11(20)19-14-7-3-2-6-13(14)18-15(19)17-10-12-5-4-8-16-9-12/h2-3,6-7,12,16H,4-5,8-10H2,1H3,(H,17,18). The van der Waals surface area contributed by atoms with E-state index in [0.29, 0.717) is 11.9 Å². The van der Waals surface area contributed by atoms with Gasteiger partial charge in [0.1, 0.15) is 0 Å². The number of benzene rings is 1. The summed E-state index contributed by atoms with van der Waals surface area (Å²) in [5, 5.41) is 6.75. The first kappa shape index (κ1) is 13.1. The Morgan fingerprint density at radius 1 is 1.50 bits per heavy atom. The van der Waals surface area contributed by atoms with Crippen molar-refractivity contribution in [1.29, 1.82) is 0 Å². The normalized spacial score (nSPS) is 19.1. The van der Waals surface area contributed by atoms with E-state index in [0.717, 1.165) is 30.7 Å². The molecule has 1 atom stereocenters. The molecule has 1 aromatic heterocycles. The number of piperidine rings is 1. The summed E-state index contributed by atoms with van der Waals surface area (Å²) in [4.78, 5) is 16.4. The largest absolute Gasteiger partial charge is 0.355 e. The number of fused-ring (bicyclic) bond motifs is 1. The number of aromatic nitrogens is 2. The smallest absolute Gasteiger partial charge is 0.230 e. The predicted molar refractivity (Wildman–Crippen MR) is 80.1 cm³/mol. The van der Waals surface area contributed by atoms with Gasteiger partial charge in [-0.25, -0.2) is 9.55 Å². The lowest BCUT2D eigenvalue weighted by Crippen LogP contribution is -2.34. The maximum absolute atomic E-state index is 11.9. The van der Waals surface area contributed by atoms with E-state index in [2.05, 4.69) is 15.6 Å². The molecule has 5 heteroatoms. The third-order valence-corrected chi connectivity index (χ3v) is 3.82. The first-order chi connectivity index (χ1) is 9.75. The van der Waals surface area contributed by atoms with Crippen LogP contribution in [0.1, 0.15) is 24.6 Å². The van der Waals surface area contributed by atoms with E-state index in [-0.39, 0.29) is 5.91 Å². The highest BCUT2D eigenvalue weighted by Crippen LogP contribution is 2.20. The Kier molecular flexibility index (Phi) is 3.69. The van der Waals surface area contributed by atoms with Gasteiger partial charge < -0.3 is 10.6 Å². The minimum absolute atomic E-state index is 0.0111. The molecular formula is C15H20N4O. The van der Waals surface area contributed by atoms with Crippen LogP contribution >= 0.6 is 0 Å². The summed E-state index contributed by atoms with van der Waals surface area (Å²) in [6, 6.07) is 7.73. The van der Waals surface area contributed by atoms with Crippen LogP contribution in [0.3, 0.4) is 0 Å². The van der Waals surface area contributed by atoms with Crippen molar-refractivity contribution >= 4 is 22.9 Å². The van der Waals surface area contributed by atoms with Crippen molar-refractivity contribution in [1.82, 2.24) is 14.9 Å². The number of imidazole rings is 1. The maximum atomic E-state index is 11.9. The topological polar surface area (TPSA) is 59.0 Å². The zero-order valence-corrected chi connectivity index (χ0v) is 11.7. The minimum atomic E-state index is -0.0111. The van der Waals surface area contributed by atoms with E-state index in [9.17, 15) is 4.79 Å². The van der Waals surface area contributed by atoms with Gasteiger partial charge in [-0.05, 0) is 44.0 Å². The van der Waals surface area contributed by atoms with E-state index in [1.165, 1.54) is 12.8 Å². The van der Waals surface area contributed by atoms with E-state index in [1.807, 2.05) is 24.3 Å². The van der Waals surface area contributed by atoms with Crippen LogP contribution in [0.2, 0.25) is 0 Å². The van der Waals surface area contributed by atoms with Crippen molar-refractivity contribution in [3.05, 3.63) is 24.3 Å². The Bertz CT molecular complexity index is 613. The van der Waals surface area contributed by atoms with E-state index in [4.69, 9.17) is 0 Å².